The fraction of sp³-hybridized carbons (Fsp3) is 0.455. The molecule has 1 aromatic rings. The molecule has 0 amide bonds. The molecule has 1 rings (SSSR count). The van der Waals surface area contributed by atoms with Crippen LogP contribution in [0.1, 0.15) is 6.92 Å². The van der Waals surface area contributed by atoms with E-state index >= 15 is 0 Å². The average Bonchev–Trinajstić information content (AvgIpc) is 2.46. The monoisotopic (exact) mass is 338 g/mol. The van der Waals surface area contributed by atoms with E-state index in [4.69, 9.17) is 10.2 Å². The Balaban J connectivity index is 3.12. The van der Waals surface area contributed by atoms with Crippen LogP contribution < -0.4 is 9.44 Å². The molecule has 10 heteroatoms. The normalized spacial score (nSPS) is 13.3. The first-order chi connectivity index (χ1) is 9.60. The highest BCUT2D eigenvalue weighted by Crippen LogP contribution is 2.16. The van der Waals surface area contributed by atoms with Crippen molar-refractivity contribution in [1.29, 1.82) is 0 Å². The number of rotatable bonds is 7. The zero-order valence-electron chi connectivity index (χ0n) is 11.6. The van der Waals surface area contributed by atoms with Crippen LogP contribution in [0.4, 0.5) is 0 Å². The molecule has 0 atom stereocenters. The number of aliphatic hydroxyl groups excluding tert-OH is 2. The quantitative estimate of drug-likeness (QED) is 0.484. The number of hydrogen-bond acceptors (Lipinski definition) is 6. The Bertz CT molecular complexity index is 678. The van der Waals surface area contributed by atoms with Crippen LogP contribution in [0.2, 0.25) is 0 Å². The lowest BCUT2D eigenvalue weighted by Crippen LogP contribution is -2.51. The van der Waals surface area contributed by atoms with Crippen molar-refractivity contribution < 1.29 is 27.0 Å². The predicted molar refractivity (Wildman–Crippen MR) is 75.6 cm³/mol. The van der Waals surface area contributed by atoms with Crippen LogP contribution in [0, 0.1) is 0 Å². The third-order valence-electron chi connectivity index (χ3n) is 2.79. The van der Waals surface area contributed by atoms with Crippen molar-refractivity contribution in [2.24, 2.45) is 0 Å². The highest BCUT2D eigenvalue weighted by Gasteiger charge is 2.29. The summed E-state index contributed by atoms with van der Waals surface area (Å²) in [6.45, 7) is 0.161. The molecular weight excluding hydrogens is 320 g/mol. The molecule has 0 aliphatic carbocycles. The average molecular weight is 338 g/mol. The van der Waals surface area contributed by atoms with E-state index in [9.17, 15) is 16.8 Å². The van der Waals surface area contributed by atoms with Gasteiger partial charge >= 0.3 is 0 Å². The molecule has 0 saturated carbocycles. The molecule has 0 spiro atoms. The Morgan fingerprint density at radius 3 is 1.67 bits per heavy atom. The highest BCUT2D eigenvalue weighted by atomic mass is 32.2. The van der Waals surface area contributed by atoms with Crippen LogP contribution in [0.25, 0.3) is 0 Å². The second kappa shape index (κ2) is 6.38. The summed E-state index contributed by atoms with van der Waals surface area (Å²) in [5, 5.41) is 18.2. The molecule has 0 heterocycles. The number of sulfonamides is 2. The Labute approximate surface area is 123 Å². The lowest BCUT2D eigenvalue weighted by molar-refractivity contribution is 0.122. The van der Waals surface area contributed by atoms with Crippen LogP contribution in [0.5, 0.6) is 0 Å². The molecule has 0 aliphatic rings. The van der Waals surface area contributed by atoms with Crippen molar-refractivity contribution >= 4 is 20.0 Å². The summed E-state index contributed by atoms with van der Waals surface area (Å²) in [6.07, 6.45) is 0. The maximum atomic E-state index is 12.1. The Morgan fingerprint density at radius 1 is 0.952 bits per heavy atom. The van der Waals surface area contributed by atoms with E-state index in [1.54, 1.807) is 0 Å². The van der Waals surface area contributed by atoms with E-state index in [-0.39, 0.29) is 9.79 Å². The van der Waals surface area contributed by atoms with Gasteiger partial charge in [0.1, 0.15) is 0 Å². The number of nitrogens with one attached hydrogen (secondary N) is 2. The van der Waals surface area contributed by atoms with Gasteiger partial charge in [-0.1, -0.05) is 0 Å². The summed E-state index contributed by atoms with van der Waals surface area (Å²) in [5.74, 6) is 0. The molecule has 21 heavy (non-hydrogen) atoms. The van der Waals surface area contributed by atoms with Gasteiger partial charge in [0, 0.05) is 0 Å². The molecule has 4 N–H and O–H groups in total. The lowest BCUT2D eigenvalue weighted by Gasteiger charge is -2.25. The summed E-state index contributed by atoms with van der Waals surface area (Å²) in [7, 11) is -6.40. The van der Waals surface area contributed by atoms with Crippen molar-refractivity contribution in [2.75, 3.05) is 20.3 Å². The van der Waals surface area contributed by atoms with E-state index < -0.39 is 38.8 Å². The standard InChI is InChI=1S/C11H18N2O6S2/c1-11(7-14,8-15)13-21(18,19)10-5-3-9(4-6-10)20(16,17)12-2/h3-6,12-15H,7-8H2,1-2H3. The van der Waals surface area contributed by atoms with Gasteiger partial charge in [-0.25, -0.2) is 26.3 Å². The van der Waals surface area contributed by atoms with Crippen LogP contribution in [-0.2, 0) is 20.0 Å². The fourth-order valence-electron chi connectivity index (χ4n) is 1.41. The van der Waals surface area contributed by atoms with Gasteiger partial charge in [-0.15, -0.1) is 0 Å². The molecule has 0 radical (unpaired) electrons. The topological polar surface area (TPSA) is 133 Å². The zero-order valence-corrected chi connectivity index (χ0v) is 13.2. The molecule has 8 nitrogen and oxygen atoms in total. The second-order valence-electron chi connectivity index (χ2n) is 4.66. The largest absolute Gasteiger partial charge is 0.394 e. The maximum Gasteiger partial charge on any atom is 0.241 e. The zero-order chi connectivity index (χ0) is 16.3. The lowest BCUT2D eigenvalue weighted by atomic mass is 10.1. The first-order valence-electron chi connectivity index (χ1n) is 5.89. The van der Waals surface area contributed by atoms with E-state index in [0.29, 0.717) is 0 Å². The minimum Gasteiger partial charge on any atom is -0.394 e. The van der Waals surface area contributed by atoms with Gasteiger partial charge in [-0.3, -0.25) is 0 Å². The van der Waals surface area contributed by atoms with Crippen molar-refractivity contribution in [3.05, 3.63) is 24.3 Å². The van der Waals surface area contributed by atoms with Gasteiger partial charge in [0.25, 0.3) is 0 Å². The molecule has 0 fully saturated rings. The summed E-state index contributed by atoms with van der Waals surface area (Å²) in [6, 6.07) is 4.55. The van der Waals surface area contributed by atoms with Gasteiger partial charge in [0.2, 0.25) is 20.0 Å². The van der Waals surface area contributed by atoms with E-state index in [1.807, 2.05) is 0 Å². The summed E-state index contributed by atoms with van der Waals surface area (Å²) >= 11 is 0. The van der Waals surface area contributed by atoms with Crippen LogP contribution in [0.3, 0.4) is 0 Å². The van der Waals surface area contributed by atoms with Gasteiger partial charge in [-0.2, -0.15) is 0 Å². The predicted octanol–water partition coefficient (Wildman–Crippen LogP) is -1.38. The van der Waals surface area contributed by atoms with Gasteiger partial charge < -0.3 is 10.2 Å². The van der Waals surface area contributed by atoms with Crippen molar-refractivity contribution in [1.82, 2.24) is 9.44 Å². The summed E-state index contributed by atoms with van der Waals surface area (Å²) in [4.78, 5) is -0.248. The SMILES string of the molecule is CNS(=O)(=O)c1ccc(S(=O)(=O)NC(C)(CO)CO)cc1. The smallest absolute Gasteiger partial charge is 0.241 e. The van der Waals surface area contributed by atoms with E-state index in [1.165, 1.54) is 14.0 Å². The molecule has 0 aliphatic heterocycles. The second-order valence-corrected chi connectivity index (χ2v) is 8.23. The minimum absolute atomic E-state index is 0.0731. The molecule has 1 aromatic carbocycles. The van der Waals surface area contributed by atoms with E-state index in [2.05, 4.69) is 9.44 Å². The van der Waals surface area contributed by atoms with Crippen molar-refractivity contribution in [3.8, 4) is 0 Å². The molecule has 0 bridgehead atoms. The molecule has 0 aromatic heterocycles. The van der Waals surface area contributed by atoms with Crippen LogP contribution >= 0.6 is 0 Å². The van der Waals surface area contributed by atoms with Crippen molar-refractivity contribution in [3.63, 3.8) is 0 Å². The van der Waals surface area contributed by atoms with Crippen LogP contribution in [0.15, 0.2) is 34.1 Å². The summed E-state index contributed by atoms with van der Waals surface area (Å²) in [5.41, 5.74) is -1.41. The highest BCUT2D eigenvalue weighted by molar-refractivity contribution is 7.90. The first kappa shape index (κ1) is 18.0. The maximum absolute atomic E-state index is 12.1. The first-order valence-corrected chi connectivity index (χ1v) is 8.86. The number of hydrogen-bond donors (Lipinski definition) is 4. The third kappa shape index (κ3) is 4.22. The minimum atomic E-state index is -4.00. The Hall–Kier alpha value is -1.04. The summed E-state index contributed by atoms with van der Waals surface area (Å²) < 4.78 is 51.6. The molecule has 0 unspecified atom stereocenters. The van der Waals surface area contributed by atoms with Gasteiger partial charge in [0.15, 0.2) is 0 Å². The molecule has 120 valence electrons. The van der Waals surface area contributed by atoms with Gasteiger partial charge in [-0.05, 0) is 38.2 Å². The fourth-order valence-corrected chi connectivity index (χ4v) is 3.53. The van der Waals surface area contributed by atoms with E-state index in [0.717, 1.165) is 24.3 Å². The number of aliphatic hydroxyl groups is 2. The Kier molecular flexibility index (Phi) is 5.47. The van der Waals surface area contributed by atoms with Crippen molar-refractivity contribution in [2.45, 2.75) is 22.3 Å². The third-order valence-corrected chi connectivity index (χ3v) is 5.88. The molecular formula is C11H18N2O6S2. The van der Waals surface area contributed by atoms with Gasteiger partial charge in [0.05, 0.1) is 28.5 Å². The number of benzene rings is 1. The molecule has 0 saturated heterocycles. The van der Waals surface area contributed by atoms with Crippen LogP contribution in [-0.4, -0.2) is 52.8 Å². The Morgan fingerprint density at radius 2 is 1.33 bits per heavy atom.